The van der Waals surface area contributed by atoms with Crippen LogP contribution in [0.4, 0.5) is 19.0 Å². The maximum absolute atomic E-state index is 12.9. The molecule has 120 valence electrons. The minimum atomic E-state index is -4.41. The number of unbranched alkanes of at least 4 members (excludes halogenated alkanes) is 1. The SMILES string of the molecule is CCCCN(CC)CCNc1ncc(Br)cc1C(F)(F)F. The van der Waals surface area contributed by atoms with E-state index in [9.17, 15) is 13.2 Å². The second kappa shape index (κ2) is 8.58. The Bertz CT molecular complexity index is 438. The number of likely N-dealkylation sites (N-methyl/N-ethyl adjacent to an activating group) is 1. The summed E-state index contributed by atoms with van der Waals surface area (Å²) in [6.07, 6.45) is -0.841. The molecule has 0 atom stereocenters. The van der Waals surface area contributed by atoms with Crippen LogP contribution in [0.2, 0.25) is 0 Å². The molecule has 21 heavy (non-hydrogen) atoms. The molecule has 0 aliphatic carbocycles. The first kappa shape index (κ1) is 18.2. The van der Waals surface area contributed by atoms with Crippen molar-refractivity contribution in [2.45, 2.75) is 32.9 Å². The lowest BCUT2D eigenvalue weighted by Gasteiger charge is -2.21. The minimum Gasteiger partial charge on any atom is -0.368 e. The summed E-state index contributed by atoms with van der Waals surface area (Å²) < 4.78 is 39.1. The largest absolute Gasteiger partial charge is 0.419 e. The van der Waals surface area contributed by atoms with E-state index in [0.717, 1.165) is 32.0 Å². The number of pyridine rings is 1. The van der Waals surface area contributed by atoms with Crippen LogP contribution in [0.25, 0.3) is 0 Å². The van der Waals surface area contributed by atoms with Crippen LogP contribution < -0.4 is 5.32 Å². The Morgan fingerprint density at radius 2 is 2.00 bits per heavy atom. The number of hydrogen-bond donors (Lipinski definition) is 1. The van der Waals surface area contributed by atoms with Crippen molar-refractivity contribution < 1.29 is 13.2 Å². The van der Waals surface area contributed by atoms with Crippen LogP contribution in [0.15, 0.2) is 16.7 Å². The van der Waals surface area contributed by atoms with E-state index in [2.05, 4.69) is 45.0 Å². The lowest BCUT2D eigenvalue weighted by Crippen LogP contribution is -2.30. The summed E-state index contributed by atoms with van der Waals surface area (Å²) in [5.74, 6) is -0.114. The number of nitrogens with one attached hydrogen (secondary N) is 1. The number of anilines is 1. The highest BCUT2D eigenvalue weighted by Gasteiger charge is 2.34. The number of hydrogen-bond acceptors (Lipinski definition) is 3. The van der Waals surface area contributed by atoms with Gasteiger partial charge in [0.15, 0.2) is 0 Å². The van der Waals surface area contributed by atoms with Crippen molar-refractivity contribution in [3.05, 3.63) is 22.3 Å². The van der Waals surface area contributed by atoms with Crippen LogP contribution in [0.3, 0.4) is 0 Å². The van der Waals surface area contributed by atoms with Gasteiger partial charge in [-0.05, 0) is 41.5 Å². The first-order valence-corrected chi connectivity index (χ1v) is 7.86. The first-order chi connectivity index (χ1) is 9.88. The predicted molar refractivity (Wildman–Crippen MR) is 82.5 cm³/mol. The maximum atomic E-state index is 12.9. The monoisotopic (exact) mass is 367 g/mol. The molecule has 0 unspecified atom stereocenters. The van der Waals surface area contributed by atoms with Crippen molar-refractivity contribution in [3.63, 3.8) is 0 Å². The van der Waals surface area contributed by atoms with Gasteiger partial charge in [-0.2, -0.15) is 13.2 Å². The van der Waals surface area contributed by atoms with Crippen molar-refractivity contribution in [1.82, 2.24) is 9.88 Å². The van der Waals surface area contributed by atoms with Crippen molar-refractivity contribution in [1.29, 1.82) is 0 Å². The zero-order valence-electron chi connectivity index (χ0n) is 12.3. The second-order valence-electron chi connectivity index (χ2n) is 4.76. The van der Waals surface area contributed by atoms with Gasteiger partial charge in [0.1, 0.15) is 5.82 Å². The standard InChI is InChI=1S/C14H21BrF3N3/c1-3-5-7-21(4-2)8-6-19-13-12(14(16,17)18)9-11(15)10-20-13/h9-10H,3-8H2,1-2H3,(H,19,20). The molecule has 0 saturated heterocycles. The van der Waals surface area contributed by atoms with Crippen LogP contribution in [0.1, 0.15) is 32.3 Å². The molecule has 0 saturated carbocycles. The summed E-state index contributed by atoms with van der Waals surface area (Å²) in [4.78, 5) is 6.04. The summed E-state index contributed by atoms with van der Waals surface area (Å²) >= 11 is 3.02. The van der Waals surface area contributed by atoms with Crippen LogP contribution in [-0.2, 0) is 6.18 Å². The molecule has 1 rings (SSSR count). The summed E-state index contributed by atoms with van der Waals surface area (Å²) in [5, 5.41) is 2.79. The van der Waals surface area contributed by atoms with E-state index < -0.39 is 11.7 Å². The Morgan fingerprint density at radius 1 is 1.29 bits per heavy atom. The molecule has 7 heteroatoms. The van der Waals surface area contributed by atoms with Crippen LogP contribution in [0.5, 0.6) is 0 Å². The fourth-order valence-electron chi connectivity index (χ4n) is 1.94. The minimum absolute atomic E-state index is 0.114. The van der Waals surface area contributed by atoms with Gasteiger partial charge in [-0.25, -0.2) is 4.98 Å². The van der Waals surface area contributed by atoms with Crippen LogP contribution in [-0.4, -0.2) is 36.1 Å². The molecule has 3 nitrogen and oxygen atoms in total. The first-order valence-electron chi connectivity index (χ1n) is 7.07. The van der Waals surface area contributed by atoms with E-state index in [1.54, 1.807) is 0 Å². The number of halogens is 4. The molecule has 1 heterocycles. The normalized spacial score (nSPS) is 12.0. The van der Waals surface area contributed by atoms with Gasteiger partial charge in [-0.1, -0.05) is 20.3 Å². The van der Waals surface area contributed by atoms with Gasteiger partial charge in [0.05, 0.1) is 5.56 Å². The van der Waals surface area contributed by atoms with E-state index in [0.29, 0.717) is 17.6 Å². The third-order valence-corrected chi connectivity index (χ3v) is 3.59. The van der Waals surface area contributed by atoms with Crippen LogP contribution in [0, 0.1) is 0 Å². The van der Waals surface area contributed by atoms with Gasteiger partial charge in [0, 0.05) is 23.8 Å². The Balaban J connectivity index is 2.63. The Kier molecular flexibility index (Phi) is 7.45. The summed E-state index contributed by atoms with van der Waals surface area (Å²) in [5.41, 5.74) is -0.742. The van der Waals surface area contributed by atoms with E-state index in [4.69, 9.17) is 0 Å². The maximum Gasteiger partial charge on any atom is 0.419 e. The Hall–Kier alpha value is -0.820. The summed E-state index contributed by atoms with van der Waals surface area (Å²) in [6, 6.07) is 1.05. The van der Waals surface area contributed by atoms with Gasteiger partial charge in [0.2, 0.25) is 0 Å². The molecular formula is C14H21BrF3N3. The lowest BCUT2D eigenvalue weighted by molar-refractivity contribution is -0.137. The van der Waals surface area contributed by atoms with Crippen LogP contribution >= 0.6 is 15.9 Å². The number of aromatic nitrogens is 1. The fourth-order valence-corrected chi connectivity index (χ4v) is 2.27. The topological polar surface area (TPSA) is 28.2 Å². The highest BCUT2D eigenvalue weighted by atomic mass is 79.9. The third-order valence-electron chi connectivity index (χ3n) is 3.16. The number of rotatable bonds is 8. The Labute approximate surface area is 132 Å². The zero-order valence-corrected chi connectivity index (χ0v) is 13.9. The van der Waals surface area contributed by atoms with E-state index in [1.165, 1.54) is 6.20 Å². The molecule has 1 N–H and O–H groups in total. The third kappa shape index (κ3) is 6.22. The van der Waals surface area contributed by atoms with Gasteiger partial charge in [-0.3, -0.25) is 0 Å². The molecular weight excluding hydrogens is 347 g/mol. The van der Waals surface area contributed by atoms with E-state index in [1.807, 2.05) is 0 Å². The van der Waals surface area contributed by atoms with Crippen molar-refractivity contribution >= 4 is 21.7 Å². The molecule has 1 aromatic rings. The molecule has 0 aromatic carbocycles. The molecule has 0 bridgehead atoms. The Morgan fingerprint density at radius 3 is 2.57 bits per heavy atom. The van der Waals surface area contributed by atoms with Gasteiger partial charge < -0.3 is 10.2 Å². The highest BCUT2D eigenvalue weighted by molar-refractivity contribution is 9.10. The molecule has 0 aliphatic heterocycles. The van der Waals surface area contributed by atoms with Crippen molar-refractivity contribution in [2.24, 2.45) is 0 Å². The summed E-state index contributed by atoms with van der Waals surface area (Å²) in [7, 11) is 0. The van der Waals surface area contributed by atoms with E-state index in [-0.39, 0.29) is 5.82 Å². The average molecular weight is 368 g/mol. The molecule has 1 aromatic heterocycles. The quantitative estimate of drug-likeness (QED) is 0.738. The van der Waals surface area contributed by atoms with Crippen molar-refractivity contribution in [2.75, 3.05) is 31.5 Å². The molecule has 0 radical (unpaired) electrons. The molecule has 0 spiro atoms. The van der Waals surface area contributed by atoms with Gasteiger partial charge in [-0.15, -0.1) is 0 Å². The van der Waals surface area contributed by atoms with E-state index >= 15 is 0 Å². The molecule has 0 fully saturated rings. The smallest absolute Gasteiger partial charge is 0.368 e. The van der Waals surface area contributed by atoms with Crippen molar-refractivity contribution in [3.8, 4) is 0 Å². The number of nitrogens with zero attached hydrogens (tertiary/aromatic N) is 2. The molecule has 0 aliphatic rings. The predicted octanol–water partition coefficient (Wildman–Crippen LogP) is 4.40. The van der Waals surface area contributed by atoms with Gasteiger partial charge in [0.25, 0.3) is 0 Å². The lowest BCUT2D eigenvalue weighted by atomic mass is 10.2. The second-order valence-corrected chi connectivity index (χ2v) is 5.68. The zero-order chi connectivity index (χ0) is 15.9. The fraction of sp³-hybridized carbons (Fsp3) is 0.643. The van der Waals surface area contributed by atoms with Gasteiger partial charge >= 0.3 is 6.18 Å². The molecule has 0 amide bonds. The average Bonchev–Trinajstić information content (AvgIpc) is 2.43. The highest BCUT2D eigenvalue weighted by Crippen LogP contribution is 2.35. The number of alkyl halides is 3. The summed E-state index contributed by atoms with van der Waals surface area (Å²) in [6.45, 7) is 7.17.